The number of hydrogen-bond donors (Lipinski definition) is 2. The summed E-state index contributed by atoms with van der Waals surface area (Å²) in [7, 11) is 2.14. The Morgan fingerprint density at radius 1 is 1.44 bits per heavy atom. The fourth-order valence-corrected chi connectivity index (χ4v) is 2.49. The molecule has 0 aromatic carbocycles. The maximum absolute atomic E-state index is 11.8. The summed E-state index contributed by atoms with van der Waals surface area (Å²) in [6.07, 6.45) is 2.64. The topological polar surface area (TPSA) is 44.4 Å². The minimum Gasteiger partial charge on any atom is -0.353 e. The molecule has 106 valence electrons. The van der Waals surface area contributed by atoms with Crippen molar-refractivity contribution in [1.82, 2.24) is 15.5 Å². The van der Waals surface area contributed by atoms with E-state index in [-0.39, 0.29) is 5.91 Å². The number of nitrogens with one attached hydrogen (secondary N) is 2. The van der Waals surface area contributed by atoms with E-state index >= 15 is 0 Å². The first-order chi connectivity index (χ1) is 8.49. The van der Waals surface area contributed by atoms with Crippen molar-refractivity contribution < 1.29 is 4.79 Å². The first-order valence-electron chi connectivity index (χ1n) is 7.20. The lowest BCUT2D eigenvalue weighted by Crippen LogP contribution is -2.48. The Morgan fingerprint density at radius 2 is 2.17 bits per heavy atom. The molecular weight excluding hydrogens is 226 g/mol. The molecule has 1 amide bonds. The lowest BCUT2D eigenvalue weighted by atomic mass is 9.94. The highest BCUT2D eigenvalue weighted by Crippen LogP contribution is 2.15. The summed E-state index contributed by atoms with van der Waals surface area (Å²) in [5.41, 5.74) is 0. The van der Waals surface area contributed by atoms with E-state index in [4.69, 9.17) is 0 Å². The van der Waals surface area contributed by atoms with Gasteiger partial charge >= 0.3 is 0 Å². The van der Waals surface area contributed by atoms with Crippen molar-refractivity contribution in [2.24, 2.45) is 5.92 Å². The summed E-state index contributed by atoms with van der Waals surface area (Å²) >= 11 is 0. The molecule has 0 radical (unpaired) electrons. The van der Waals surface area contributed by atoms with E-state index in [1.54, 1.807) is 0 Å². The van der Waals surface area contributed by atoms with Gasteiger partial charge < -0.3 is 15.5 Å². The number of hydrogen-bond acceptors (Lipinski definition) is 3. The van der Waals surface area contributed by atoms with E-state index in [1.165, 1.54) is 0 Å². The summed E-state index contributed by atoms with van der Waals surface area (Å²) < 4.78 is 0. The largest absolute Gasteiger partial charge is 0.353 e. The lowest BCUT2D eigenvalue weighted by molar-refractivity contribution is -0.122. The van der Waals surface area contributed by atoms with Crippen LogP contribution in [0.4, 0.5) is 0 Å². The maximum atomic E-state index is 11.8. The SMILES string of the molecule is CC(C)NCCCC(=O)NC1CCN(C)CC1C. The minimum absolute atomic E-state index is 0.210. The third-order valence-corrected chi connectivity index (χ3v) is 3.59. The standard InChI is InChI=1S/C14H29N3O/c1-11(2)15-8-5-6-14(18)16-13-7-9-17(4)10-12(13)3/h11-13,15H,5-10H2,1-4H3,(H,16,18). The van der Waals surface area contributed by atoms with E-state index in [1.807, 2.05) is 0 Å². The van der Waals surface area contributed by atoms with E-state index in [2.05, 4.69) is 43.4 Å². The van der Waals surface area contributed by atoms with Crippen molar-refractivity contribution in [2.45, 2.75) is 52.1 Å². The van der Waals surface area contributed by atoms with Crippen molar-refractivity contribution in [3.63, 3.8) is 0 Å². The normalized spacial score (nSPS) is 25.4. The van der Waals surface area contributed by atoms with Gasteiger partial charge in [0.25, 0.3) is 0 Å². The van der Waals surface area contributed by atoms with Crippen LogP contribution in [-0.4, -0.2) is 49.6 Å². The fourth-order valence-electron chi connectivity index (χ4n) is 2.49. The summed E-state index contributed by atoms with van der Waals surface area (Å²) in [5, 5.41) is 6.52. The van der Waals surface area contributed by atoms with Crippen LogP contribution in [0.15, 0.2) is 0 Å². The van der Waals surface area contributed by atoms with Crippen molar-refractivity contribution in [3.05, 3.63) is 0 Å². The zero-order valence-electron chi connectivity index (χ0n) is 12.3. The molecule has 0 bridgehead atoms. The van der Waals surface area contributed by atoms with Gasteiger partial charge in [-0.15, -0.1) is 0 Å². The molecule has 0 aromatic rings. The number of amides is 1. The van der Waals surface area contributed by atoms with E-state index < -0.39 is 0 Å². The van der Waals surface area contributed by atoms with E-state index in [9.17, 15) is 4.79 Å². The van der Waals surface area contributed by atoms with Gasteiger partial charge in [0.2, 0.25) is 5.91 Å². The Morgan fingerprint density at radius 3 is 2.78 bits per heavy atom. The van der Waals surface area contributed by atoms with Gasteiger partial charge in [-0.1, -0.05) is 20.8 Å². The zero-order valence-corrected chi connectivity index (χ0v) is 12.3. The average molecular weight is 255 g/mol. The molecule has 1 rings (SSSR count). The van der Waals surface area contributed by atoms with Crippen LogP contribution in [0.1, 0.15) is 40.0 Å². The van der Waals surface area contributed by atoms with E-state index in [0.717, 1.165) is 32.5 Å². The summed E-state index contributed by atoms with van der Waals surface area (Å²) in [4.78, 5) is 14.2. The molecule has 2 atom stereocenters. The Labute approximate surface area is 111 Å². The summed E-state index contributed by atoms with van der Waals surface area (Å²) in [5.74, 6) is 0.767. The molecule has 0 aliphatic carbocycles. The highest BCUT2D eigenvalue weighted by Gasteiger charge is 2.25. The Balaban J connectivity index is 2.15. The Hall–Kier alpha value is -0.610. The molecule has 2 N–H and O–H groups in total. The molecule has 1 saturated heterocycles. The molecule has 0 spiro atoms. The van der Waals surface area contributed by atoms with Crippen LogP contribution in [0, 0.1) is 5.92 Å². The molecule has 1 heterocycles. The predicted molar refractivity (Wildman–Crippen MR) is 75.6 cm³/mol. The lowest BCUT2D eigenvalue weighted by Gasteiger charge is -2.35. The van der Waals surface area contributed by atoms with Crippen molar-refractivity contribution >= 4 is 5.91 Å². The number of carbonyl (C=O) groups excluding carboxylic acids is 1. The number of likely N-dealkylation sites (tertiary alicyclic amines) is 1. The molecule has 1 fully saturated rings. The molecule has 18 heavy (non-hydrogen) atoms. The van der Waals surface area contributed by atoms with Crippen LogP contribution in [0.3, 0.4) is 0 Å². The fraction of sp³-hybridized carbons (Fsp3) is 0.929. The molecule has 4 heteroatoms. The van der Waals surface area contributed by atoms with Crippen LogP contribution in [-0.2, 0) is 4.79 Å². The van der Waals surface area contributed by atoms with E-state index in [0.29, 0.717) is 24.4 Å². The molecule has 2 unspecified atom stereocenters. The van der Waals surface area contributed by atoms with Gasteiger partial charge in [0.05, 0.1) is 0 Å². The Bertz CT molecular complexity index is 255. The molecule has 1 aliphatic rings. The van der Waals surface area contributed by atoms with Gasteiger partial charge in [0, 0.05) is 25.0 Å². The van der Waals surface area contributed by atoms with Gasteiger partial charge in [-0.05, 0) is 38.9 Å². The predicted octanol–water partition coefficient (Wildman–Crippen LogP) is 1.22. The maximum Gasteiger partial charge on any atom is 0.220 e. The van der Waals surface area contributed by atoms with Crippen LogP contribution >= 0.6 is 0 Å². The van der Waals surface area contributed by atoms with Gasteiger partial charge in [-0.25, -0.2) is 0 Å². The smallest absolute Gasteiger partial charge is 0.220 e. The number of piperidine rings is 1. The molecular formula is C14H29N3O. The Kier molecular flexibility index (Phi) is 6.65. The second-order valence-corrected chi connectivity index (χ2v) is 5.91. The van der Waals surface area contributed by atoms with Crippen LogP contribution in [0.2, 0.25) is 0 Å². The van der Waals surface area contributed by atoms with Gasteiger partial charge in [-0.2, -0.15) is 0 Å². The number of nitrogens with zero attached hydrogens (tertiary/aromatic N) is 1. The molecule has 1 aliphatic heterocycles. The second-order valence-electron chi connectivity index (χ2n) is 5.91. The quantitative estimate of drug-likeness (QED) is 0.702. The van der Waals surface area contributed by atoms with Gasteiger partial charge in [-0.3, -0.25) is 4.79 Å². The third kappa shape index (κ3) is 5.83. The molecule has 0 saturated carbocycles. The third-order valence-electron chi connectivity index (χ3n) is 3.59. The second kappa shape index (κ2) is 7.74. The first kappa shape index (κ1) is 15.4. The highest BCUT2D eigenvalue weighted by molar-refractivity contribution is 5.76. The average Bonchev–Trinajstić information content (AvgIpc) is 2.28. The minimum atomic E-state index is 0.210. The van der Waals surface area contributed by atoms with Crippen molar-refractivity contribution in [3.8, 4) is 0 Å². The first-order valence-corrected chi connectivity index (χ1v) is 7.20. The van der Waals surface area contributed by atoms with Crippen molar-refractivity contribution in [1.29, 1.82) is 0 Å². The van der Waals surface area contributed by atoms with Gasteiger partial charge in [0.1, 0.15) is 0 Å². The zero-order chi connectivity index (χ0) is 13.5. The number of rotatable bonds is 6. The highest BCUT2D eigenvalue weighted by atomic mass is 16.1. The summed E-state index contributed by atoms with van der Waals surface area (Å²) in [6, 6.07) is 0.869. The van der Waals surface area contributed by atoms with Gasteiger partial charge in [0.15, 0.2) is 0 Å². The van der Waals surface area contributed by atoms with Crippen LogP contribution < -0.4 is 10.6 Å². The molecule has 0 aromatic heterocycles. The molecule has 4 nitrogen and oxygen atoms in total. The van der Waals surface area contributed by atoms with Crippen molar-refractivity contribution in [2.75, 3.05) is 26.7 Å². The monoisotopic (exact) mass is 255 g/mol. The van der Waals surface area contributed by atoms with Crippen LogP contribution in [0.5, 0.6) is 0 Å². The summed E-state index contributed by atoms with van der Waals surface area (Å²) in [6.45, 7) is 9.57. The number of carbonyl (C=O) groups is 1. The van der Waals surface area contributed by atoms with Crippen LogP contribution in [0.25, 0.3) is 0 Å².